The van der Waals surface area contributed by atoms with Crippen molar-refractivity contribution in [3.05, 3.63) is 75.2 Å². The number of anilines is 1. The zero-order valence-corrected chi connectivity index (χ0v) is 26.7. The van der Waals surface area contributed by atoms with Gasteiger partial charge in [-0.05, 0) is 93.3 Å². The van der Waals surface area contributed by atoms with Crippen LogP contribution in [0.25, 0.3) is 11.1 Å². The molecule has 246 valence electrons. The molecule has 1 aliphatic heterocycles. The van der Waals surface area contributed by atoms with Crippen molar-refractivity contribution in [2.75, 3.05) is 18.4 Å². The summed E-state index contributed by atoms with van der Waals surface area (Å²) in [4.78, 5) is 46.0. The van der Waals surface area contributed by atoms with Gasteiger partial charge in [-0.3, -0.25) is 14.4 Å². The van der Waals surface area contributed by atoms with Crippen molar-refractivity contribution in [2.45, 2.75) is 83.5 Å². The lowest BCUT2D eigenvalue weighted by atomic mass is 9.80. The van der Waals surface area contributed by atoms with E-state index in [2.05, 4.69) is 22.5 Å². The SMILES string of the molecule is CC(C)Oc1cc(-c2ccc(C#N)cc2C(=O)N2CC(F)(F)C2)cc(NC(=O)c2cc(CN[C@@H](C)C3CCC3)cn(C3CC3)c2=O)n1. The highest BCUT2D eigenvalue weighted by Gasteiger charge is 2.46. The monoisotopic (exact) mass is 644 g/mol. The van der Waals surface area contributed by atoms with Crippen LogP contribution in [0.1, 0.15) is 90.8 Å². The molecule has 0 bridgehead atoms. The van der Waals surface area contributed by atoms with Crippen LogP contribution in [0.4, 0.5) is 14.6 Å². The summed E-state index contributed by atoms with van der Waals surface area (Å²) in [6.45, 7) is 4.86. The lowest BCUT2D eigenvalue weighted by molar-refractivity contribution is -0.113. The molecule has 10 nitrogen and oxygen atoms in total. The topological polar surface area (TPSA) is 129 Å². The van der Waals surface area contributed by atoms with Gasteiger partial charge in [0.05, 0.1) is 30.8 Å². The first-order valence-corrected chi connectivity index (χ1v) is 16.1. The minimum atomic E-state index is -2.96. The Bertz CT molecular complexity index is 1800. The number of hydrogen-bond acceptors (Lipinski definition) is 7. The van der Waals surface area contributed by atoms with Crippen LogP contribution >= 0.6 is 0 Å². The summed E-state index contributed by atoms with van der Waals surface area (Å²) >= 11 is 0. The number of halogens is 2. The van der Waals surface area contributed by atoms with E-state index >= 15 is 0 Å². The van der Waals surface area contributed by atoms with Crippen LogP contribution in [0.5, 0.6) is 5.88 Å². The summed E-state index contributed by atoms with van der Waals surface area (Å²) in [5.41, 5.74) is 1.43. The maximum Gasteiger partial charge on any atom is 0.282 e. The Morgan fingerprint density at radius 1 is 1.09 bits per heavy atom. The van der Waals surface area contributed by atoms with Crippen LogP contribution in [-0.2, 0) is 6.54 Å². The van der Waals surface area contributed by atoms with E-state index in [4.69, 9.17) is 4.74 Å². The molecule has 3 fully saturated rings. The molecule has 3 aliphatic rings. The molecule has 0 spiro atoms. The highest BCUT2D eigenvalue weighted by Crippen LogP contribution is 2.35. The van der Waals surface area contributed by atoms with Crippen molar-refractivity contribution in [3.8, 4) is 23.1 Å². The molecule has 2 saturated carbocycles. The summed E-state index contributed by atoms with van der Waals surface area (Å²) in [6.07, 6.45) is 6.93. The van der Waals surface area contributed by atoms with Crippen molar-refractivity contribution < 1.29 is 23.1 Å². The zero-order chi connectivity index (χ0) is 33.5. The van der Waals surface area contributed by atoms with Crippen LogP contribution in [-0.4, -0.2) is 57.4 Å². The van der Waals surface area contributed by atoms with Gasteiger partial charge < -0.3 is 24.8 Å². The third-order valence-electron chi connectivity index (χ3n) is 8.99. The fourth-order valence-corrected chi connectivity index (χ4v) is 6.01. The lowest BCUT2D eigenvalue weighted by Crippen LogP contribution is -2.58. The van der Waals surface area contributed by atoms with Crippen molar-refractivity contribution in [1.82, 2.24) is 19.8 Å². The number of aromatic nitrogens is 2. The predicted octanol–water partition coefficient (Wildman–Crippen LogP) is 5.53. The summed E-state index contributed by atoms with van der Waals surface area (Å²) in [7, 11) is 0. The number of hydrogen-bond donors (Lipinski definition) is 2. The van der Waals surface area contributed by atoms with Crippen LogP contribution in [0.15, 0.2) is 47.4 Å². The first kappa shape index (κ1) is 32.3. The first-order chi connectivity index (χ1) is 22.4. The average Bonchev–Trinajstić information content (AvgIpc) is 3.82. The standard InChI is InChI=1S/C35H38F2N6O4/c1-20(2)47-31-14-25(27-10-7-22(15-38)11-28(27)33(45)42-18-35(36,37)19-42)13-30(40-31)41-32(44)29-12-23(16-39-21(3)24-5-4-6-24)17-43(34(29)46)26-8-9-26/h7,10-14,17,20-21,24,26,39H,4-6,8-9,16,18-19H2,1-3H3,(H,40,41,44)/t21-/m0/s1. The van der Waals surface area contributed by atoms with Gasteiger partial charge in [0.1, 0.15) is 11.4 Å². The molecule has 3 heterocycles. The number of pyridine rings is 2. The molecule has 2 N–H and O–H groups in total. The van der Waals surface area contributed by atoms with Crippen molar-refractivity contribution in [2.24, 2.45) is 5.92 Å². The Hall–Kier alpha value is -4.63. The molecule has 3 aromatic rings. The van der Waals surface area contributed by atoms with Gasteiger partial charge in [0.15, 0.2) is 0 Å². The van der Waals surface area contributed by atoms with Crippen LogP contribution in [0.2, 0.25) is 0 Å². The van der Waals surface area contributed by atoms with E-state index in [9.17, 15) is 28.4 Å². The summed E-state index contributed by atoms with van der Waals surface area (Å²) in [5, 5.41) is 15.8. The Morgan fingerprint density at radius 2 is 1.83 bits per heavy atom. The Kier molecular flexibility index (Phi) is 8.85. The highest BCUT2D eigenvalue weighted by atomic mass is 19.3. The number of alkyl halides is 2. The maximum absolute atomic E-state index is 13.7. The molecule has 47 heavy (non-hydrogen) atoms. The number of ether oxygens (including phenoxy) is 1. The minimum absolute atomic E-state index is 0.0148. The van der Waals surface area contributed by atoms with Gasteiger partial charge in [-0.2, -0.15) is 10.2 Å². The van der Waals surface area contributed by atoms with Crippen molar-refractivity contribution in [1.29, 1.82) is 5.26 Å². The lowest BCUT2D eigenvalue weighted by Gasteiger charge is -2.39. The number of nitrogens with one attached hydrogen (secondary N) is 2. The zero-order valence-electron chi connectivity index (χ0n) is 26.7. The molecule has 6 rings (SSSR count). The second kappa shape index (κ2) is 12.9. The second-order valence-corrected chi connectivity index (χ2v) is 13.2. The normalized spacial score (nSPS) is 17.8. The second-order valence-electron chi connectivity index (χ2n) is 13.2. The number of benzene rings is 1. The van der Waals surface area contributed by atoms with Gasteiger partial charge in [-0.1, -0.05) is 12.5 Å². The number of carbonyl (C=O) groups is 2. The largest absolute Gasteiger partial charge is 0.475 e. The fourth-order valence-electron chi connectivity index (χ4n) is 6.01. The van der Waals surface area contributed by atoms with Crippen LogP contribution in [0, 0.1) is 17.2 Å². The molecular weight excluding hydrogens is 606 g/mol. The maximum atomic E-state index is 13.7. The summed E-state index contributed by atoms with van der Waals surface area (Å²) < 4.78 is 34.8. The third kappa shape index (κ3) is 7.20. The number of likely N-dealkylation sites (tertiary alicyclic amines) is 1. The smallest absolute Gasteiger partial charge is 0.282 e. The molecular formula is C35H38F2N6O4. The minimum Gasteiger partial charge on any atom is -0.475 e. The molecule has 2 amide bonds. The van der Waals surface area contributed by atoms with E-state index < -0.39 is 30.8 Å². The Balaban J connectivity index is 1.32. The number of rotatable bonds is 11. The van der Waals surface area contributed by atoms with Gasteiger partial charge >= 0.3 is 0 Å². The van der Waals surface area contributed by atoms with Gasteiger partial charge in [-0.15, -0.1) is 0 Å². The molecule has 0 unspecified atom stereocenters. The predicted molar refractivity (Wildman–Crippen MR) is 172 cm³/mol. The number of nitrogens with zero attached hydrogens (tertiary/aromatic N) is 4. The van der Waals surface area contributed by atoms with Gasteiger partial charge in [0.2, 0.25) is 5.88 Å². The molecule has 1 atom stereocenters. The summed E-state index contributed by atoms with van der Waals surface area (Å²) in [5.74, 6) is -3.40. The van der Waals surface area contributed by atoms with Crippen molar-refractivity contribution in [3.63, 3.8) is 0 Å². The number of nitriles is 1. The number of carbonyl (C=O) groups excluding carboxylic acids is 2. The van der Waals surface area contributed by atoms with E-state index in [-0.39, 0.29) is 46.1 Å². The van der Waals surface area contributed by atoms with Gasteiger partial charge in [0.25, 0.3) is 23.3 Å². The quantitative estimate of drug-likeness (QED) is 0.281. The fraction of sp³-hybridized carbons (Fsp3) is 0.457. The Labute approximate surface area is 271 Å². The number of amides is 2. The van der Waals surface area contributed by atoms with Crippen LogP contribution < -0.4 is 20.9 Å². The first-order valence-electron chi connectivity index (χ1n) is 16.1. The third-order valence-corrected chi connectivity index (χ3v) is 8.99. The van der Waals surface area contributed by atoms with E-state index in [1.165, 1.54) is 37.5 Å². The van der Waals surface area contributed by atoms with E-state index in [1.807, 2.05) is 12.3 Å². The summed E-state index contributed by atoms with van der Waals surface area (Å²) in [6, 6.07) is 11.5. The van der Waals surface area contributed by atoms with Gasteiger partial charge in [0, 0.05) is 36.5 Å². The molecule has 0 radical (unpaired) electrons. The highest BCUT2D eigenvalue weighted by molar-refractivity contribution is 6.05. The van der Waals surface area contributed by atoms with Crippen molar-refractivity contribution >= 4 is 17.6 Å². The molecule has 1 saturated heterocycles. The average molecular weight is 645 g/mol. The van der Waals surface area contributed by atoms with Gasteiger partial charge in [-0.25, -0.2) is 8.78 Å². The molecule has 12 heteroatoms. The van der Waals surface area contributed by atoms with E-state index in [0.29, 0.717) is 29.6 Å². The molecule has 1 aromatic carbocycles. The molecule has 2 aliphatic carbocycles. The van der Waals surface area contributed by atoms with Crippen LogP contribution in [0.3, 0.4) is 0 Å². The van der Waals surface area contributed by atoms with E-state index in [1.54, 1.807) is 36.6 Å². The van der Waals surface area contributed by atoms with E-state index in [0.717, 1.165) is 23.3 Å². The Morgan fingerprint density at radius 3 is 2.45 bits per heavy atom. The molecule has 2 aromatic heterocycles.